The molecule has 1 fully saturated rings. The Morgan fingerprint density at radius 3 is 2.80 bits per heavy atom. The number of nitrogens with one attached hydrogen (secondary N) is 1. The predicted molar refractivity (Wildman–Crippen MR) is 74.1 cm³/mol. The van der Waals surface area contributed by atoms with Gasteiger partial charge in [-0.3, -0.25) is 14.9 Å². The van der Waals surface area contributed by atoms with Gasteiger partial charge in [0.2, 0.25) is 5.91 Å². The Hall–Kier alpha value is -2.21. The summed E-state index contributed by atoms with van der Waals surface area (Å²) >= 11 is 0. The summed E-state index contributed by atoms with van der Waals surface area (Å²) in [6.45, 7) is 1.28. The first kappa shape index (κ1) is 14.2. The molecule has 0 aromatic heterocycles. The standard InChI is InChI=1S/C14H16N2O4/c17-14(15-10-13-2-1-9-20-13)8-5-11-3-6-12(7-4-11)16(18)19/h3-8,13H,1-2,9-10H2,(H,15,17)/b8-5+/t13-/m0/s1. The van der Waals surface area contributed by atoms with Gasteiger partial charge in [0.1, 0.15) is 0 Å². The summed E-state index contributed by atoms with van der Waals surface area (Å²) in [5.74, 6) is -0.196. The number of nitrogens with zero attached hydrogens (tertiary/aromatic N) is 1. The lowest BCUT2D eigenvalue weighted by Gasteiger charge is -2.08. The minimum absolute atomic E-state index is 0.0324. The van der Waals surface area contributed by atoms with Crippen LogP contribution in [0.1, 0.15) is 18.4 Å². The molecule has 1 amide bonds. The second kappa shape index (κ2) is 6.81. The second-order valence-electron chi connectivity index (χ2n) is 4.56. The number of carbonyl (C=O) groups excluding carboxylic acids is 1. The van der Waals surface area contributed by atoms with Crippen molar-refractivity contribution in [3.05, 3.63) is 46.0 Å². The van der Waals surface area contributed by atoms with Gasteiger partial charge in [-0.25, -0.2) is 0 Å². The van der Waals surface area contributed by atoms with Crippen LogP contribution in [0.4, 0.5) is 5.69 Å². The maximum Gasteiger partial charge on any atom is 0.269 e. The molecule has 0 saturated carbocycles. The van der Waals surface area contributed by atoms with E-state index in [-0.39, 0.29) is 17.7 Å². The third-order valence-corrected chi connectivity index (χ3v) is 3.06. The van der Waals surface area contributed by atoms with Crippen LogP contribution in [0.15, 0.2) is 30.3 Å². The molecule has 1 saturated heterocycles. The number of carbonyl (C=O) groups is 1. The lowest BCUT2D eigenvalue weighted by atomic mass is 10.2. The van der Waals surface area contributed by atoms with Crippen LogP contribution >= 0.6 is 0 Å². The van der Waals surface area contributed by atoms with Crippen molar-refractivity contribution in [3.8, 4) is 0 Å². The minimum Gasteiger partial charge on any atom is -0.376 e. The van der Waals surface area contributed by atoms with Crippen LogP contribution in [0.5, 0.6) is 0 Å². The number of benzene rings is 1. The Bertz CT molecular complexity index is 504. The van der Waals surface area contributed by atoms with Gasteiger partial charge in [0.15, 0.2) is 0 Å². The fourth-order valence-corrected chi connectivity index (χ4v) is 1.96. The summed E-state index contributed by atoms with van der Waals surface area (Å²) < 4.78 is 5.40. The fraction of sp³-hybridized carbons (Fsp3) is 0.357. The third-order valence-electron chi connectivity index (χ3n) is 3.06. The molecular weight excluding hydrogens is 260 g/mol. The van der Waals surface area contributed by atoms with Crippen molar-refractivity contribution >= 4 is 17.7 Å². The van der Waals surface area contributed by atoms with Crippen LogP contribution < -0.4 is 5.32 Å². The highest BCUT2D eigenvalue weighted by atomic mass is 16.6. The Kier molecular flexibility index (Phi) is 4.84. The van der Waals surface area contributed by atoms with E-state index in [9.17, 15) is 14.9 Å². The normalized spacial score (nSPS) is 18.3. The highest BCUT2D eigenvalue weighted by Gasteiger charge is 2.15. The van der Waals surface area contributed by atoms with Crippen molar-refractivity contribution in [3.63, 3.8) is 0 Å². The van der Waals surface area contributed by atoms with E-state index < -0.39 is 4.92 Å². The van der Waals surface area contributed by atoms with Gasteiger partial charge in [-0.15, -0.1) is 0 Å². The third kappa shape index (κ3) is 4.17. The lowest BCUT2D eigenvalue weighted by molar-refractivity contribution is -0.384. The van der Waals surface area contributed by atoms with Gasteiger partial charge in [-0.2, -0.15) is 0 Å². The van der Waals surface area contributed by atoms with Crippen LogP contribution in [-0.4, -0.2) is 30.1 Å². The Balaban J connectivity index is 1.81. The SMILES string of the molecule is O=C(/C=C/c1ccc([N+](=O)[O-])cc1)NC[C@@H]1CCCO1. The molecule has 106 valence electrons. The molecule has 0 spiro atoms. The summed E-state index contributed by atoms with van der Waals surface area (Å²) in [4.78, 5) is 21.6. The summed E-state index contributed by atoms with van der Waals surface area (Å²) in [6.07, 6.45) is 5.17. The first-order chi connectivity index (χ1) is 9.65. The Morgan fingerprint density at radius 2 is 2.20 bits per heavy atom. The van der Waals surface area contributed by atoms with Gasteiger partial charge in [-0.05, 0) is 36.6 Å². The van der Waals surface area contributed by atoms with Crippen LogP contribution in [-0.2, 0) is 9.53 Å². The van der Waals surface area contributed by atoms with Gasteiger partial charge in [0.05, 0.1) is 11.0 Å². The first-order valence-electron chi connectivity index (χ1n) is 6.47. The molecule has 1 aliphatic rings. The van der Waals surface area contributed by atoms with Crippen molar-refractivity contribution in [2.24, 2.45) is 0 Å². The molecule has 0 unspecified atom stereocenters. The summed E-state index contributed by atoms with van der Waals surface area (Å²) in [7, 11) is 0. The summed E-state index contributed by atoms with van der Waals surface area (Å²) in [5.41, 5.74) is 0.771. The van der Waals surface area contributed by atoms with Crippen molar-refractivity contribution in [1.29, 1.82) is 0 Å². The minimum atomic E-state index is -0.457. The zero-order valence-corrected chi connectivity index (χ0v) is 11.0. The molecule has 20 heavy (non-hydrogen) atoms. The van der Waals surface area contributed by atoms with E-state index in [2.05, 4.69) is 5.32 Å². The van der Waals surface area contributed by atoms with Gasteiger partial charge in [0.25, 0.3) is 5.69 Å². The molecule has 6 nitrogen and oxygen atoms in total. The number of rotatable bonds is 5. The Morgan fingerprint density at radius 1 is 1.45 bits per heavy atom. The molecular formula is C14H16N2O4. The average Bonchev–Trinajstić information content (AvgIpc) is 2.96. The number of amides is 1. The van der Waals surface area contributed by atoms with Crippen molar-refractivity contribution in [2.45, 2.75) is 18.9 Å². The summed E-state index contributed by atoms with van der Waals surface area (Å²) in [6, 6.07) is 6.01. The molecule has 0 bridgehead atoms. The van der Waals surface area contributed by atoms with E-state index >= 15 is 0 Å². The molecule has 0 radical (unpaired) electrons. The Labute approximate surface area is 116 Å². The van der Waals surface area contributed by atoms with Gasteiger partial charge in [0, 0.05) is 31.4 Å². The number of non-ortho nitro benzene ring substituents is 1. The molecule has 0 aliphatic carbocycles. The van der Waals surface area contributed by atoms with E-state index in [1.54, 1.807) is 18.2 Å². The van der Waals surface area contributed by atoms with E-state index in [0.717, 1.165) is 25.0 Å². The van der Waals surface area contributed by atoms with Crippen molar-refractivity contribution < 1.29 is 14.5 Å². The number of nitro groups is 1. The molecule has 6 heteroatoms. The van der Waals surface area contributed by atoms with Crippen LogP contribution in [0.2, 0.25) is 0 Å². The topological polar surface area (TPSA) is 81.5 Å². The highest BCUT2D eigenvalue weighted by molar-refractivity contribution is 5.91. The van der Waals surface area contributed by atoms with Crippen LogP contribution in [0.25, 0.3) is 6.08 Å². The predicted octanol–water partition coefficient (Wildman–Crippen LogP) is 1.90. The summed E-state index contributed by atoms with van der Waals surface area (Å²) in [5, 5.41) is 13.3. The quantitative estimate of drug-likeness (QED) is 0.506. The molecule has 2 rings (SSSR count). The van der Waals surface area contributed by atoms with Crippen LogP contribution in [0.3, 0.4) is 0 Å². The largest absolute Gasteiger partial charge is 0.376 e. The molecule has 1 aromatic carbocycles. The zero-order chi connectivity index (χ0) is 14.4. The zero-order valence-electron chi connectivity index (χ0n) is 11.0. The van der Waals surface area contributed by atoms with Gasteiger partial charge < -0.3 is 10.1 Å². The van der Waals surface area contributed by atoms with Gasteiger partial charge >= 0.3 is 0 Å². The molecule has 1 N–H and O–H groups in total. The van der Waals surface area contributed by atoms with E-state index in [4.69, 9.17) is 4.74 Å². The maximum absolute atomic E-state index is 11.6. The molecule has 1 heterocycles. The number of ether oxygens (including phenoxy) is 1. The smallest absolute Gasteiger partial charge is 0.269 e. The van der Waals surface area contributed by atoms with E-state index in [0.29, 0.717) is 6.54 Å². The first-order valence-corrected chi connectivity index (χ1v) is 6.47. The van der Waals surface area contributed by atoms with Gasteiger partial charge in [-0.1, -0.05) is 0 Å². The van der Waals surface area contributed by atoms with Crippen molar-refractivity contribution in [2.75, 3.05) is 13.2 Å². The lowest BCUT2D eigenvalue weighted by Crippen LogP contribution is -2.30. The van der Waals surface area contributed by atoms with E-state index in [1.807, 2.05) is 0 Å². The van der Waals surface area contributed by atoms with E-state index in [1.165, 1.54) is 18.2 Å². The second-order valence-corrected chi connectivity index (χ2v) is 4.56. The number of hydrogen-bond acceptors (Lipinski definition) is 4. The number of hydrogen-bond donors (Lipinski definition) is 1. The monoisotopic (exact) mass is 276 g/mol. The van der Waals surface area contributed by atoms with Crippen LogP contribution in [0, 0.1) is 10.1 Å². The molecule has 1 atom stereocenters. The maximum atomic E-state index is 11.6. The average molecular weight is 276 g/mol. The number of nitro benzene ring substituents is 1. The highest BCUT2D eigenvalue weighted by Crippen LogP contribution is 2.13. The molecule has 1 aliphatic heterocycles. The fourth-order valence-electron chi connectivity index (χ4n) is 1.96. The molecule has 1 aromatic rings. The van der Waals surface area contributed by atoms with Crippen molar-refractivity contribution in [1.82, 2.24) is 5.32 Å².